The molecule has 0 radical (unpaired) electrons. The summed E-state index contributed by atoms with van der Waals surface area (Å²) in [5.74, 6) is -2.21. The van der Waals surface area contributed by atoms with E-state index < -0.39 is 17.7 Å². The summed E-state index contributed by atoms with van der Waals surface area (Å²) in [4.78, 5) is 38.5. The fourth-order valence-corrected chi connectivity index (χ4v) is 4.42. The second-order valence-corrected chi connectivity index (χ2v) is 9.54. The van der Waals surface area contributed by atoms with Crippen LogP contribution in [0.2, 0.25) is 0 Å². The molecule has 9 heteroatoms. The minimum absolute atomic E-state index is 0.164. The molecule has 0 bridgehead atoms. The van der Waals surface area contributed by atoms with E-state index >= 15 is 0 Å². The lowest BCUT2D eigenvalue weighted by Crippen LogP contribution is -2.36. The highest BCUT2D eigenvalue weighted by Gasteiger charge is 2.21. The molecule has 34 heavy (non-hydrogen) atoms. The number of nitrogens with one attached hydrogen (secondary N) is 3. The zero-order valence-electron chi connectivity index (χ0n) is 18.3. The molecule has 1 aromatic heterocycles. The van der Waals surface area contributed by atoms with Crippen molar-refractivity contribution in [2.75, 3.05) is 16.1 Å². The van der Waals surface area contributed by atoms with Crippen LogP contribution >= 0.6 is 31.9 Å². The Kier molecular flexibility index (Phi) is 6.85. The maximum Gasteiger partial charge on any atom is 0.328 e. The van der Waals surface area contributed by atoms with Crippen LogP contribution in [0, 0.1) is 13.8 Å². The number of rotatable bonds is 4. The van der Waals surface area contributed by atoms with E-state index in [-0.39, 0.29) is 5.69 Å². The quantitative estimate of drug-likeness (QED) is 0.267. The van der Waals surface area contributed by atoms with Crippen LogP contribution in [0.15, 0.2) is 75.7 Å². The van der Waals surface area contributed by atoms with E-state index in [1.54, 1.807) is 42.5 Å². The number of fused-ring (bicyclic) bond motifs is 1. The van der Waals surface area contributed by atoms with Gasteiger partial charge in [-0.05, 0) is 89.4 Å². The molecule has 0 saturated heterocycles. The van der Waals surface area contributed by atoms with E-state index in [0.29, 0.717) is 22.3 Å². The number of aryl methyl sites for hydroxylation is 2. The number of benzene rings is 3. The molecule has 4 rings (SSSR count). The zero-order valence-corrected chi connectivity index (χ0v) is 21.5. The number of aromatic nitrogens is 1. The largest absolute Gasteiger partial charge is 0.328 e. The number of hydrogen-bond donors (Lipinski definition) is 3. The summed E-state index contributed by atoms with van der Waals surface area (Å²) in [5, 5.41) is 6.13. The number of anilines is 2. The lowest BCUT2D eigenvalue weighted by atomic mass is 10.2. The smallest absolute Gasteiger partial charge is 0.320 e. The Morgan fingerprint density at radius 3 is 2.29 bits per heavy atom. The normalized spacial score (nSPS) is 10.7. The summed E-state index contributed by atoms with van der Waals surface area (Å²) in [5.41, 5.74) is 6.35. The van der Waals surface area contributed by atoms with Gasteiger partial charge in [-0.3, -0.25) is 19.8 Å². The van der Waals surface area contributed by atoms with Crippen LogP contribution in [-0.2, 0) is 9.59 Å². The first kappa shape index (κ1) is 23.7. The molecule has 3 aromatic carbocycles. The predicted molar refractivity (Wildman–Crippen MR) is 141 cm³/mol. The van der Waals surface area contributed by atoms with Crippen molar-refractivity contribution in [1.82, 2.24) is 4.68 Å². The predicted octanol–water partition coefficient (Wildman–Crippen LogP) is 5.74. The summed E-state index contributed by atoms with van der Waals surface area (Å²) in [6.45, 7) is 3.83. The summed E-state index contributed by atoms with van der Waals surface area (Å²) < 4.78 is 2.86. The van der Waals surface area contributed by atoms with Crippen molar-refractivity contribution < 1.29 is 14.4 Å². The third-order valence-corrected chi connectivity index (χ3v) is 6.21. The standard InChI is InChI=1S/C25H20Br2N4O3/c1-14-4-3-5-18(10-14)28-24(33)25(34)30-31-21-9-7-17(26)12-16(21)13-22(31)23(32)29-20-8-6-15(2)11-19(20)27/h3-13H,1-2H3,(H,28,33)(H,29,32)(H,30,34). The van der Waals surface area contributed by atoms with Gasteiger partial charge in [0.1, 0.15) is 5.69 Å². The van der Waals surface area contributed by atoms with Gasteiger partial charge in [0.05, 0.1) is 11.2 Å². The van der Waals surface area contributed by atoms with Crippen molar-refractivity contribution in [2.24, 2.45) is 0 Å². The molecule has 0 unspecified atom stereocenters. The Hall–Kier alpha value is -3.43. The minimum atomic E-state index is -0.910. The summed E-state index contributed by atoms with van der Waals surface area (Å²) in [7, 11) is 0. The van der Waals surface area contributed by atoms with Crippen LogP contribution < -0.4 is 16.1 Å². The number of halogens is 2. The van der Waals surface area contributed by atoms with E-state index in [2.05, 4.69) is 47.9 Å². The summed E-state index contributed by atoms with van der Waals surface area (Å²) in [6.07, 6.45) is 0. The average molecular weight is 584 g/mol. The van der Waals surface area contributed by atoms with Crippen LogP contribution in [0.3, 0.4) is 0 Å². The highest BCUT2D eigenvalue weighted by atomic mass is 79.9. The molecule has 0 spiro atoms. The molecule has 3 amide bonds. The number of nitrogens with zero attached hydrogens (tertiary/aromatic N) is 1. The van der Waals surface area contributed by atoms with E-state index in [9.17, 15) is 14.4 Å². The van der Waals surface area contributed by atoms with Gasteiger partial charge in [0.15, 0.2) is 0 Å². The Morgan fingerprint density at radius 2 is 1.56 bits per heavy atom. The molecule has 4 aromatic rings. The molecule has 7 nitrogen and oxygen atoms in total. The molecule has 0 saturated carbocycles. The first-order valence-electron chi connectivity index (χ1n) is 10.3. The van der Waals surface area contributed by atoms with Crippen molar-refractivity contribution >= 4 is 71.9 Å². The van der Waals surface area contributed by atoms with Crippen molar-refractivity contribution in [3.63, 3.8) is 0 Å². The van der Waals surface area contributed by atoms with E-state index in [0.717, 1.165) is 20.1 Å². The number of carbonyl (C=O) groups excluding carboxylic acids is 3. The first-order valence-corrected chi connectivity index (χ1v) is 11.9. The lowest BCUT2D eigenvalue weighted by Gasteiger charge is -2.13. The van der Waals surface area contributed by atoms with Crippen molar-refractivity contribution in [3.05, 3.63) is 92.5 Å². The van der Waals surface area contributed by atoms with Crippen LogP contribution in [-0.4, -0.2) is 22.4 Å². The topological polar surface area (TPSA) is 92.2 Å². The molecule has 0 aliphatic rings. The van der Waals surface area contributed by atoms with Crippen molar-refractivity contribution in [3.8, 4) is 0 Å². The third kappa shape index (κ3) is 5.21. The van der Waals surface area contributed by atoms with Crippen molar-refractivity contribution in [2.45, 2.75) is 13.8 Å². The van der Waals surface area contributed by atoms with E-state index in [4.69, 9.17) is 0 Å². The summed E-state index contributed by atoms with van der Waals surface area (Å²) >= 11 is 6.88. The highest BCUT2D eigenvalue weighted by molar-refractivity contribution is 9.10. The van der Waals surface area contributed by atoms with Crippen LogP contribution in [0.4, 0.5) is 11.4 Å². The van der Waals surface area contributed by atoms with Gasteiger partial charge in [-0.15, -0.1) is 0 Å². The van der Waals surface area contributed by atoms with Crippen LogP contribution in [0.5, 0.6) is 0 Å². The lowest BCUT2D eigenvalue weighted by molar-refractivity contribution is -0.133. The Morgan fingerprint density at radius 1 is 0.794 bits per heavy atom. The van der Waals surface area contributed by atoms with E-state index in [1.807, 2.05) is 38.1 Å². The van der Waals surface area contributed by atoms with Gasteiger partial charge in [0.25, 0.3) is 5.91 Å². The Balaban J connectivity index is 1.64. The zero-order chi connectivity index (χ0) is 24.4. The fourth-order valence-electron chi connectivity index (χ4n) is 3.44. The molecule has 172 valence electrons. The third-order valence-electron chi connectivity index (χ3n) is 5.06. The molecular formula is C25H20Br2N4O3. The van der Waals surface area contributed by atoms with Crippen LogP contribution in [0.1, 0.15) is 21.6 Å². The molecule has 0 fully saturated rings. The van der Waals surface area contributed by atoms with E-state index in [1.165, 1.54) is 4.68 Å². The Bertz CT molecular complexity index is 1450. The second kappa shape index (κ2) is 9.82. The maximum absolute atomic E-state index is 13.2. The second-order valence-electron chi connectivity index (χ2n) is 7.77. The van der Waals surface area contributed by atoms with Gasteiger partial charge in [-0.1, -0.05) is 34.1 Å². The van der Waals surface area contributed by atoms with Crippen molar-refractivity contribution in [1.29, 1.82) is 0 Å². The van der Waals surface area contributed by atoms with Gasteiger partial charge >= 0.3 is 11.8 Å². The molecule has 0 aliphatic heterocycles. The Labute approximate surface area is 212 Å². The molecular weight excluding hydrogens is 564 g/mol. The molecule has 0 atom stereocenters. The van der Waals surface area contributed by atoms with Gasteiger partial charge in [0, 0.05) is 20.0 Å². The highest BCUT2D eigenvalue weighted by Crippen LogP contribution is 2.26. The number of carbonyl (C=O) groups is 3. The molecule has 0 aliphatic carbocycles. The average Bonchev–Trinajstić information content (AvgIpc) is 3.13. The SMILES string of the molecule is Cc1cccc(NC(=O)C(=O)Nn2c(C(=O)Nc3ccc(C)cc3Br)cc3cc(Br)ccc32)c1. The van der Waals surface area contributed by atoms with Crippen LogP contribution in [0.25, 0.3) is 10.9 Å². The van der Waals surface area contributed by atoms with Gasteiger partial charge < -0.3 is 10.6 Å². The number of hydrogen-bond acceptors (Lipinski definition) is 3. The summed E-state index contributed by atoms with van der Waals surface area (Å²) in [6, 6.07) is 19.7. The minimum Gasteiger partial charge on any atom is -0.320 e. The molecule has 1 heterocycles. The monoisotopic (exact) mass is 582 g/mol. The van der Waals surface area contributed by atoms with Gasteiger partial charge in [-0.2, -0.15) is 0 Å². The van der Waals surface area contributed by atoms with Gasteiger partial charge in [-0.25, -0.2) is 4.68 Å². The fraction of sp³-hybridized carbons (Fsp3) is 0.0800. The number of amides is 3. The first-order chi connectivity index (χ1) is 16.2. The van der Waals surface area contributed by atoms with Gasteiger partial charge in [0.2, 0.25) is 0 Å². The molecule has 3 N–H and O–H groups in total. The maximum atomic E-state index is 13.2.